The zero-order chi connectivity index (χ0) is 14.6. The second-order valence-electron chi connectivity index (χ2n) is 5.23. The van der Waals surface area contributed by atoms with Crippen LogP contribution >= 0.6 is 0 Å². The Balaban J connectivity index is 1.67. The number of carbonyl (C=O) groups is 3. The van der Waals surface area contributed by atoms with Gasteiger partial charge < -0.3 is 14.4 Å². The van der Waals surface area contributed by atoms with Gasteiger partial charge in [0.1, 0.15) is 6.04 Å². The highest BCUT2D eigenvalue weighted by atomic mass is 16.7. The van der Waals surface area contributed by atoms with Crippen molar-refractivity contribution in [1.82, 2.24) is 10.2 Å². The lowest BCUT2D eigenvalue weighted by molar-refractivity contribution is -0.136. The Labute approximate surface area is 119 Å². The molecule has 3 amide bonds. The number of imide groups is 1. The Morgan fingerprint density at radius 3 is 2.86 bits per heavy atom. The normalized spacial score (nSPS) is 23.3. The first-order valence-electron chi connectivity index (χ1n) is 6.71. The number of hydrogen-bond acceptors (Lipinski definition) is 5. The zero-order valence-corrected chi connectivity index (χ0v) is 11.0. The van der Waals surface area contributed by atoms with Gasteiger partial charge in [-0.3, -0.25) is 19.7 Å². The third kappa shape index (κ3) is 1.70. The molecule has 0 aliphatic carbocycles. The van der Waals surface area contributed by atoms with Crippen LogP contribution in [-0.4, -0.2) is 35.5 Å². The number of fused-ring (bicyclic) bond motifs is 3. The molecule has 1 aromatic carbocycles. The van der Waals surface area contributed by atoms with Crippen LogP contribution in [-0.2, 0) is 16.1 Å². The summed E-state index contributed by atoms with van der Waals surface area (Å²) < 4.78 is 10.7. The lowest BCUT2D eigenvalue weighted by Gasteiger charge is -2.29. The van der Waals surface area contributed by atoms with E-state index in [-0.39, 0.29) is 25.0 Å². The van der Waals surface area contributed by atoms with Gasteiger partial charge in [0.05, 0.1) is 6.54 Å². The molecule has 1 atom stereocenters. The molecule has 0 saturated carbocycles. The Morgan fingerprint density at radius 2 is 2.05 bits per heavy atom. The Bertz CT molecular complexity index is 684. The van der Waals surface area contributed by atoms with Crippen LogP contribution in [0, 0.1) is 0 Å². The molecule has 1 fully saturated rings. The van der Waals surface area contributed by atoms with Crippen molar-refractivity contribution in [1.29, 1.82) is 0 Å². The highest BCUT2D eigenvalue weighted by Gasteiger charge is 2.41. The summed E-state index contributed by atoms with van der Waals surface area (Å²) in [4.78, 5) is 37.1. The summed E-state index contributed by atoms with van der Waals surface area (Å²) in [7, 11) is 0. The molecule has 0 unspecified atom stereocenters. The lowest BCUT2D eigenvalue weighted by Crippen LogP contribution is -2.52. The van der Waals surface area contributed by atoms with E-state index in [9.17, 15) is 14.4 Å². The Morgan fingerprint density at radius 1 is 1.19 bits per heavy atom. The van der Waals surface area contributed by atoms with Crippen molar-refractivity contribution >= 4 is 17.7 Å². The van der Waals surface area contributed by atoms with E-state index < -0.39 is 11.9 Å². The zero-order valence-electron chi connectivity index (χ0n) is 11.0. The minimum atomic E-state index is -0.611. The van der Waals surface area contributed by atoms with E-state index in [1.807, 2.05) is 0 Å². The topological polar surface area (TPSA) is 84.9 Å². The molecule has 1 saturated heterocycles. The van der Waals surface area contributed by atoms with Crippen LogP contribution in [0.2, 0.25) is 0 Å². The average Bonchev–Trinajstić information content (AvgIpc) is 3.04. The van der Waals surface area contributed by atoms with Crippen molar-refractivity contribution in [2.45, 2.75) is 25.4 Å². The number of amides is 3. The summed E-state index contributed by atoms with van der Waals surface area (Å²) in [5, 5.41) is 2.28. The van der Waals surface area contributed by atoms with Crippen molar-refractivity contribution in [3.63, 3.8) is 0 Å². The van der Waals surface area contributed by atoms with Crippen LogP contribution in [0.5, 0.6) is 11.5 Å². The largest absolute Gasteiger partial charge is 0.454 e. The first kappa shape index (κ1) is 12.2. The molecule has 1 N–H and O–H groups in total. The molecule has 7 nitrogen and oxygen atoms in total. The van der Waals surface area contributed by atoms with Gasteiger partial charge in [-0.2, -0.15) is 0 Å². The fraction of sp³-hybridized carbons (Fsp3) is 0.357. The fourth-order valence-corrected chi connectivity index (χ4v) is 3.02. The van der Waals surface area contributed by atoms with Crippen LogP contribution < -0.4 is 14.8 Å². The minimum absolute atomic E-state index is 0.137. The summed E-state index contributed by atoms with van der Waals surface area (Å²) in [6, 6.07) is 2.78. The molecule has 0 bridgehead atoms. The number of nitrogens with one attached hydrogen (secondary N) is 1. The van der Waals surface area contributed by atoms with E-state index in [1.54, 1.807) is 12.1 Å². The van der Waals surface area contributed by atoms with Crippen LogP contribution in [0.25, 0.3) is 0 Å². The van der Waals surface area contributed by atoms with Gasteiger partial charge in [0.2, 0.25) is 18.6 Å². The highest BCUT2D eigenvalue weighted by molar-refractivity contribution is 6.05. The maximum absolute atomic E-state index is 12.5. The smallest absolute Gasteiger partial charge is 0.255 e. The number of nitrogens with zero attached hydrogens (tertiary/aromatic N) is 1. The fourth-order valence-electron chi connectivity index (χ4n) is 3.02. The molecule has 21 heavy (non-hydrogen) atoms. The summed E-state index contributed by atoms with van der Waals surface area (Å²) >= 11 is 0. The molecule has 7 heteroatoms. The molecule has 4 rings (SSSR count). The van der Waals surface area contributed by atoms with Crippen molar-refractivity contribution in [3.8, 4) is 11.5 Å². The number of carbonyl (C=O) groups excluding carboxylic acids is 3. The predicted octanol–water partition coefficient (Wildman–Crippen LogP) is 0.176. The molecule has 3 heterocycles. The lowest BCUT2D eigenvalue weighted by atomic mass is 10.0. The maximum Gasteiger partial charge on any atom is 0.255 e. The van der Waals surface area contributed by atoms with E-state index >= 15 is 0 Å². The van der Waals surface area contributed by atoms with Gasteiger partial charge in [0.25, 0.3) is 5.91 Å². The average molecular weight is 288 g/mol. The monoisotopic (exact) mass is 288 g/mol. The van der Waals surface area contributed by atoms with Crippen LogP contribution in [0.15, 0.2) is 12.1 Å². The SMILES string of the molecule is O=C1CC[C@H](N2Cc3c(ccc4c3OCO4)C2=O)C(=O)N1. The highest BCUT2D eigenvalue weighted by Crippen LogP contribution is 2.42. The van der Waals surface area contributed by atoms with E-state index in [0.717, 1.165) is 5.56 Å². The molecule has 108 valence electrons. The number of benzene rings is 1. The molecule has 0 aromatic heterocycles. The van der Waals surface area contributed by atoms with Crippen LogP contribution in [0.4, 0.5) is 0 Å². The first-order valence-corrected chi connectivity index (χ1v) is 6.71. The molecular formula is C14H12N2O5. The van der Waals surface area contributed by atoms with E-state index in [4.69, 9.17) is 9.47 Å². The van der Waals surface area contributed by atoms with Gasteiger partial charge in [-0.05, 0) is 18.6 Å². The minimum Gasteiger partial charge on any atom is -0.454 e. The van der Waals surface area contributed by atoms with Gasteiger partial charge in [-0.1, -0.05) is 0 Å². The maximum atomic E-state index is 12.5. The molecule has 3 aliphatic rings. The summed E-state index contributed by atoms with van der Waals surface area (Å²) in [6.07, 6.45) is 0.595. The van der Waals surface area contributed by atoms with Crippen molar-refractivity contribution in [3.05, 3.63) is 23.3 Å². The predicted molar refractivity (Wildman–Crippen MR) is 68.6 cm³/mol. The van der Waals surface area contributed by atoms with Crippen LogP contribution in [0.3, 0.4) is 0 Å². The Kier molecular flexibility index (Phi) is 2.44. The molecule has 0 spiro atoms. The van der Waals surface area contributed by atoms with Gasteiger partial charge in [0, 0.05) is 17.5 Å². The summed E-state index contributed by atoms with van der Waals surface area (Å²) in [5.74, 6) is 0.277. The number of rotatable bonds is 1. The third-order valence-corrected chi connectivity index (χ3v) is 4.05. The van der Waals surface area contributed by atoms with E-state index in [0.29, 0.717) is 30.0 Å². The summed E-state index contributed by atoms with van der Waals surface area (Å²) in [6.45, 7) is 0.436. The number of piperidine rings is 1. The van der Waals surface area contributed by atoms with Gasteiger partial charge in [-0.25, -0.2) is 0 Å². The van der Waals surface area contributed by atoms with Crippen molar-refractivity contribution in [2.24, 2.45) is 0 Å². The third-order valence-electron chi connectivity index (χ3n) is 4.05. The number of ether oxygens (including phenoxy) is 2. The second kappa shape index (κ2) is 4.21. The van der Waals surface area contributed by atoms with E-state index in [2.05, 4.69) is 5.32 Å². The van der Waals surface area contributed by atoms with Gasteiger partial charge in [-0.15, -0.1) is 0 Å². The quantitative estimate of drug-likeness (QED) is 0.745. The number of hydrogen-bond donors (Lipinski definition) is 1. The standard InChI is InChI=1S/C14H12N2O5/c17-11-4-2-9(13(18)15-11)16-5-8-7(14(16)19)1-3-10-12(8)21-6-20-10/h1,3,9H,2,4-6H2,(H,15,17,18)/t9-/m0/s1. The Hall–Kier alpha value is -2.57. The second-order valence-corrected chi connectivity index (χ2v) is 5.23. The molecule has 3 aliphatic heterocycles. The van der Waals surface area contributed by atoms with Crippen molar-refractivity contribution < 1.29 is 23.9 Å². The van der Waals surface area contributed by atoms with Crippen molar-refractivity contribution in [2.75, 3.05) is 6.79 Å². The molecule has 1 aromatic rings. The van der Waals surface area contributed by atoms with Gasteiger partial charge >= 0.3 is 0 Å². The van der Waals surface area contributed by atoms with E-state index in [1.165, 1.54) is 4.90 Å². The van der Waals surface area contributed by atoms with Gasteiger partial charge in [0.15, 0.2) is 11.5 Å². The van der Waals surface area contributed by atoms with Crippen LogP contribution in [0.1, 0.15) is 28.8 Å². The first-order chi connectivity index (χ1) is 10.1. The molecule has 0 radical (unpaired) electrons. The summed E-state index contributed by atoms with van der Waals surface area (Å²) in [5.41, 5.74) is 1.28. The molecular weight excluding hydrogens is 276 g/mol.